The highest BCUT2D eigenvalue weighted by molar-refractivity contribution is 7.14. The Morgan fingerprint density at radius 2 is 1.85 bits per heavy atom. The summed E-state index contributed by atoms with van der Waals surface area (Å²) in [5.41, 5.74) is 4.64. The van der Waals surface area contributed by atoms with Gasteiger partial charge in [-0.2, -0.15) is 0 Å². The molecule has 0 spiro atoms. The average molecular weight is 456 g/mol. The van der Waals surface area contributed by atoms with Crippen LogP contribution in [0.25, 0.3) is 22.0 Å². The van der Waals surface area contributed by atoms with Gasteiger partial charge in [-0.15, -0.1) is 11.3 Å². The van der Waals surface area contributed by atoms with Crippen molar-refractivity contribution in [1.82, 2.24) is 9.88 Å². The number of carbonyl (C=O) groups is 1. The van der Waals surface area contributed by atoms with E-state index in [0.29, 0.717) is 17.6 Å². The highest BCUT2D eigenvalue weighted by atomic mass is 32.1. The second kappa shape index (κ2) is 9.86. The largest absolute Gasteiger partial charge is 0.302 e. The number of amides is 1. The minimum Gasteiger partial charge on any atom is -0.302 e. The van der Waals surface area contributed by atoms with Crippen LogP contribution in [-0.4, -0.2) is 28.4 Å². The van der Waals surface area contributed by atoms with Crippen molar-refractivity contribution in [3.8, 4) is 11.3 Å². The number of aryl methyl sites for hydroxylation is 1. The van der Waals surface area contributed by atoms with Crippen molar-refractivity contribution in [1.29, 1.82) is 0 Å². The van der Waals surface area contributed by atoms with Gasteiger partial charge in [0, 0.05) is 36.5 Å². The van der Waals surface area contributed by atoms with Gasteiger partial charge in [0.1, 0.15) is 0 Å². The Hall–Kier alpha value is -3.02. The molecule has 4 nitrogen and oxygen atoms in total. The molecule has 4 aromatic rings. The lowest BCUT2D eigenvalue weighted by Gasteiger charge is -2.22. The Bertz CT molecular complexity index is 1240. The number of benzene rings is 3. The zero-order valence-electron chi connectivity index (χ0n) is 19.0. The lowest BCUT2D eigenvalue weighted by atomic mass is 10.0. The van der Waals surface area contributed by atoms with Crippen LogP contribution >= 0.6 is 11.3 Å². The minimum atomic E-state index is 0.0285. The fourth-order valence-corrected chi connectivity index (χ4v) is 5.02. The molecule has 1 aliphatic carbocycles. The molecule has 1 saturated carbocycles. The monoisotopic (exact) mass is 455 g/mol. The molecule has 0 aliphatic heterocycles. The molecule has 0 saturated heterocycles. The maximum atomic E-state index is 12.7. The van der Waals surface area contributed by atoms with Crippen LogP contribution in [0.2, 0.25) is 0 Å². The van der Waals surface area contributed by atoms with Crippen LogP contribution in [0.15, 0.2) is 72.1 Å². The summed E-state index contributed by atoms with van der Waals surface area (Å²) in [7, 11) is 0. The second-order valence-corrected chi connectivity index (χ2v) is 9.58. The summed E-state index contributed by atoms with van der Waals surface area (Å²) in [5.74, 6) is 0.0285. The second-order valence-electron chi connectivity index (χ2n) is 8.73. The molecule has 168 valence electrons. The molecule has 5 heteroatoms. The van der Waals surface area contributed by atoms with E-state index >= 15 is 0 Å². The van der Waals surface area contributed by atoms with Gasteiger partial charge in [0.15, 0.2) is 5.13 Å². The highest BCUT2D eigenvalue weighted by Gasteiger charge is 2.29. The van der Waals surface area contributed by atoms with Gasteiger partial charge in [-0.25, -0.2) is 4.98 Å². The van der Waals surface area contributed by atoms with Crippen molar-refractivity contribution in [3.05, 3.63) is 83.2 Å². The summed E-state index contributed by atoms with van der Waals surface area (Å²) < 4.78 is 0. The van der Waals surface area contributed by atoms with E-state index in [4.69, 9.17) is 0 Å². The van der Waals surface area contributed by atoms with Crippen molar-refractivity contribution < 1.29 is 4.79 Å². The Labute approximate surface area is 199 Å². The molecule has 1 N–H and O–H groups in total. The molecule has 1 fully saturated rings. The summed E-state index contributed by atoms with van der Waals surface area (Å²) in [6.45, 7) is 3.79. The van der Waals surface area contributed by atoms with Crippen LogP contribution in [0.5, 0.6) is 0 Å². The van der Waals surface area contributed by atoms with Crippen LogP contribution in [0.1, 0.15) is 37.3 Å². The molecule has 33 heavy (non-hydrogen) atoms. The van der Waals surface area contributed by atoms with E-state index in [2.05, 4.69) is 88.9 Å². The molecule has 1 heterocycles. The Balaban J connectivity index is 1.19. The van der Waals surface area contributed by atoms with Gasteiger partial charge < -0.3 is 5.32 Å². The number of nitrogens with one attached hydrogen (secondary N) is 1. The number of rotatable bonds is 9. The van der Waals surface area contributed by atoms with Crippen molar-refractivity contribution >= 4 is 33.1 Å². The van der Waals surface area contributed by atoms with Crippen LogP contribution in [0.4, 0.5) is 5.13 Å². The first-order valence-corrected chi connectivity index (χ1v) is 12.6. The third kappa shape index (κ3) is 5.32. The number of fused-ring (bicyclic) bond motifs is 1. The molecule has 0 atom stereocenters. The average Bonchev–Trinajstić information content (AvgIpc) is 3.60. The van der Waals surface area contributed by atoms with E-state index in [1.807, 2.05) is 5.38 Å². The van der Waals surface area contributed by atoms with E-state index < -0.39 is 0 Å². The van der Waals surface area contributed by atoms with Gasteiger partial charge in [-0.1, -0.05) is 73.7 Å². The number of hydrogen-bond acceptors (Lipinski definition) is 4. The minimum absolute atomic E-state index is 0.0285. The quantitative estimate of drug-likeness (QED) is 0.312. The zero-order valence-corrected chi connectivity index (χ0v) is 19.8. The lowest BCUT2D eigenvalue weighted by molar-refractivity contribution is -0.116. The fraction of sp³-hybridized carbons (Fsp3) is 0.286. The van der Waals surface area contributed by atoms with Gasteiger partial charge in [-0.05, 0) is 41.2 Å². The van der Waals surface area contributed by atoms with Crippen molar-refractivity contribution in [2.75, 3.05) is 11.9 Å². The van der Waals surface area contributed by atoms with Gasteiger partial charge in [0.25, 0.3) is 0 Å². The van der Waals surface area contributed by atoms with Gasteiger partial charge in [0.05, 0.1) is 5.69 Å². The molecule has 5 rings (SSSR count). The summed E-state index contributed by atoms with van der Waals surface area (Å²) in [5, 5.41) is 8.25. The van der Waals surface area contributed by atoms with Crippen molar-refractivity contribution in [2.45, 2.75) is 45.2 Å². The molecule has 1 amide bonds. The SMILES string of the molecule is CCc1ccc(-c2csc(NC(=O)CCN(Cc3cccc4ccccc34)C3CC3)n2)cc1. The van der Waals surface area contributed by atoms with Gasteiger partial charge >= 0.3 is 0 Å². The number of nitrogens with zero attached hydrogens (tertiary/aromatic N) is 2. The van der Waals surface area contributed by atoms with Crippen LogP contribution in [0, 0.1) is 0 Å². The smallest absolute Gasteiger partial charge is 0.227 e. The normalized spacial score (nSPS) is 13.5. The maximum absolute atomic E-state index is 12.7. The predicted molar refractivity (Wildman–Crippen MR) is 138 cm³/mol. The molecule has 0 unspecified atom stereocenters. The first-order chi connectivity index (χ1) is 16.2. The van der Waals surface area contributed by atoms with Crippen LogP contribution in [-0.2, 0) is 17.8 Å². The number of hydrogen-bond donors (Lipinski definition) is 1. The molecule has 1 aliphatic rings. The topological polar surface area (TPSA) is 45.2 Å². The van der Waals surface area contributed by atoms with E-state index in [-0.39, 0.29) is 5.91 Å². The van der Waals surface area contributed by atoms with E-state index in [0.717, 1.165) is 30.8 Å². The summed E-state index contributed by atoms with van der Waals surface area (Å²) in [4.78, 5) is 19.8. The third-order valence-electron chi connectivity index (χ3n) is 6.35. The van der Waals surface area contributed by atoms with E-state index in [9.17, 15) is 4.79 Å². The first-order valence-electron chi connectivity index (χ1n) is 11.7. The summed E-state index contributed by atoms with van der Waals surface area (Å²) in [6, 6.07) is 24.1. The van der Waals surface area contributed by atoms with Crippen molar-refractivity contribution in [2.24, 2.45) is 0 Å². The Morgan fingerprint density at radius 3 is 2.64 bits per heavy atom. The van der Waals surface area contributed by atoms with Crippen molar-refractivity contribution in [3.63, 3.8) is 0 Å². The zero-order chi connectivity index (χ0) is 22.6. The molecular weight excluding hydrogens is 426 g/mol. The van der Waals surface area contributed by atoms with E-state index in [1.165, 1.54) is 46.1 Å². The Morgan fingerprint density at radius 1 is 1.06 bits per heavy atom. The van der Waals surface area contributed by atoms with Gasteiger partial charge in [0.2, 0.25) is 5.91 Å². The third-order valence-corrected chi connectivity index (χ3v) is 7.11. The molecule has 1 aromatic heterocycles. The Kier molecular flexibility index (Phi) is 6.51. The first kappa shape index (κ1) is 21.8. The van der Waals surface area contributed by atoms with Crippen LogP contribution in [0.3, 0.4) is 0 Å². The number of thiazole rings is 1. The summed E-state index contributed by atoms with van der Waals surface area (Å²) in [6.07, 6.45) is 3.94. The van der Waals surface area contributed by atoms with Crippen LogP contribution < -0.4 is 5.32 Å². The number of carbonyl (C=O) groups excluding carboxylic acids is 1. The fourth-order valence-electron chi connectivity index (χ4n) is 4.28. The number of aromatic nitrogens is 1. The standard InChI is InChI=1S/C28H29N3OS/c1-2-20-10-12-22(13-11-20)26-19-33-28(29-26)30-27(32)16-17-31(24-14-15-24)18-23-8-5-7-21-6-3-4-9-25(21)23/h3-13,19,24H,2,14-18H2,1H3,(H,29,30,32). The highest BCUT2D eigenvalue weighted by Crippen LogP contribution is 2.30. The molecular formula is C28H29N3OS. The molecule has 0 radical (unpaired) electrons. The molecule has 0 bridgehead atoms. The lowest BCUT2D eigenvalue weighted by Crippen LogP contribution is -2.29. The molecule has 3 aromatic carbocycles. The van der Waals surface area contributed by atoms with E-state index in [1.54, 1.807) is 0 Å². The van der Waals surface area contributed by atoms with Gasteiger partial charge in [-0.3, -0.25) is 9.69 Å². The maximum Gasteiger partial charge on any atom is 0.227 e. The predicted octanol–water partition coefficient (Wildman–Crippen LogP) is 6.52. The summed E-state index contributed by atoms with van der Waals surface area (Å²) >= 11 is 1.48. The number of anilines is 1.